The zero-order valence-electron chi connectivity index (χ0n) is 42.2. The molecule has 0 saturated heterocycles. The van der Waals surface area contributed by atoms with Crippen LogP contribution >= 0.6 is 0 Å². The summed E-state index contributed by atoms with van der Waals surface area (Å²) in [6.07, 6.45) is 6.03. The minimum absolute atomic E-state index is 0.223. The van der Waals surface area contributed by atoms with Crippen molar-refractivity contribution in [3.8, 4) is 22.8 Å². The maximum Gasteiger partial charge on any atom is 0.319 e. The summed E-state index contributed by atoms with van der Waals surface area (Å²) in [5.41, 5.74) is 7.14. The molecule has 7 N–H and O–H groups in total. The molecular weight excluding hydrogens is 923 g/mol. The molecule has 72 heavy (non-hydrogen) atoms. The third-order valence-corrected chi connectivity index (χ3v) is 12.5. The molecule has 1 aliphatic carbocycles. The van der Waals surface area contributed by atoms with Crippen molar-refractivity contribution >= 4 is 23.4 Å². The Labute approximate surface area is 420 Å². The number of halogens is 2. The summed E-state index contributed by atoms with van der Waals surface area (Å²) in [6, 6.07) is 22.9. The van der Waals surface area contributed by atoms with Crippen molar-refractivity contribution in [3.05, 3.63) is 119 Å². The van der Waals surface area contributed by atoms with Gasteiger partial charge in [-0.15, -0.1) is 10.2 Å². The molecule has 0 radical (unpaired) electrons. The molecule has 386 valence electrons. The van der Waals surface area contributed by atoms with Gasteiger partial charge in [0.2, 0.25) is 0 Å². The first-order chi connectivity index (χ1) is 34.7. The van der Waals surface area contributed by atoms with Crippen molar-refractivity contribution in [2.24, 2.45) is 20.0 Å². The standard InChI is InChI=1S/C28H38FN7O2.C24H32FN7O2/c1-4-20-14-23(27-32-33-34-35(27)3)16-25(15-20)31-28(38)30-19(2)26(37)18-36(17-22-7-8-22)13-5-6-21-9-11-24(29)12-10-21;1-4-17-12-19(23-29-30-31-32(23)3)14-21(13-17)28-24(34)27-16(2)22(33)15-26-11-5-6-18-7-9-20(25)10-8-18/h9-12,14-16,19,22,26,37H,4-8,13,17-18H2,1-3H3,(H2,30,31,38);7-10,12-14,16,22,26,33H,4-6,11,15H2,1-3H3,(H2,27,28,34)/t19-,26+;16-,22+/m11/s1. The molecule has 6 aromatic rings. The van der Waals surface area contributed by atoms with Gasteiger partial charge in [-0.3, -0.25) is 0 Å². The Bertz CT molecular complexity index is 2630. The molecule has 20 heteroatoms. The largest absolute Gasteiger partial charge is 0.390 e. The molecule has 0 unspecified atom stereocenters. The van der Waals surface area contributed by atoms with Gasteiger partial charge in [-0.2, -0.15) is 0 Å². The Kier molecular flexibility index (Phi) is 20.6. The van der Waals surface area contributed by atoms with Gasteiger partial charge < -0.3 is 41.7 Å². The molecule has 0 aliphatic heterocycles. The highest BCUT2D eigenvalue weighted by Gasteiger charge is 2.27. The molecular formula is C52H70F2N14O4. The average Bonchev–Trinajstić information content (AvgIpc) is 3.90. The van der Waals surface area contributed by atoms with Crippen LogP contribution in [0.25, 0.3) is 22.8 Å². The highest BCUT2D eigenvalue weighted by Crippen LogP contribution is 2.30. The molecule has 0 spiro atoms. The second-order valence-corrected chi connectivity index (χ2v) is 18.6. The van der Waals surface area contributed by atoms with E-state index in [9.17, 15) is 28.6 Å². The number of carbonyl (C=O) groups is 2. The van der Waals surface area contributed by atoms with E-state index in [2.05, 4.69) is 62.5 Å². The molecule has 1 saturated carbocycles. The smallest absolute Gasteiger partial charge is 0.319 e. The number of urea groups is 2. The van der Waals surface area contributed by atoms with Gasteiger partial charge in [-0.25, -0.2) is 27.7 Å². The van der Waals surface area contributed by atoms with E-state index in [1.54, 1.807) is 42.5 Å². The fourth-order valence-corrected chi connectivity index (χ4v) is 8.08. The normalized spacial score (nSPS) is 13.9. The first kappa shape index (κ1) is 54.6. The van der Waals surface area contributed by atoms with Crippen LogP contribution in [0.4, 0.5) is 29.7 Å². The van der Waals surface area contributed by atoms with Crippen LogP contribution in [0.15, 0.2) is 84.9 Å². The number of hydrogen-bond acceptors (Lipinski definition) is 12. The number of aromatic nitrogens is 8. The monoisotopic (exact) mass is 993 g/mol. The Balaban J connectivity index is 0.000000237. The molecule has 1 aliphatic rings. The van der Waals surface area contributed by atoms with E-state index in [1.165, 1.54) is 37.1 Å². The van der Waals surface area contributed by atoms with Gasteiger partial charge in [-0.05, 0) is 188 Å². The van der Waals surface area contributed by atoms with Gasteiger partial charge >= 0.3 is 12.1 Å². The van der Waals surface area contributed by atoms with Crippen molar-refractivity contribution in [1.82, 2.24) is 61.3 Å². The fourth-order valence-electron chi connectivity index (χ4n) is 8.08. The lowest BCUT2D eigenvalue weighted by molar-refractivity contribution is 0.0847. The number of nitrogens with one attached hydrogen (secondary N) is 5. The summed E-state index contributed by atoms with van der Waals surface area (Å²) in [4.78, 5) is 27.6. The number of aliphatic hydroxyl groups excluding tert-OH is 2. The predicted molar refractivity (Wildman–Crippen MR) is 274 cm³/mol. The first-order valence-electron chi connectivity index (χ1n) is 24.8. The number of carbonyl (C=O) groups excluding carboxylic acids is 2. The predicted octanol–water partition coefficient (Wildman–Crippen LogP) is 6.47. The quantitative estimate of drug-likeness (QED) is 0.0325. The van der Waals surface area contributed by atoms with E-state index in [0.717, 1.165) is 85.0 Å². The Morgan fingerprint density at radius 3 is 1.60 bits per heavy atom. The van der Waals surface area contributed by atoms with Crippen molar-refractivity contribution in [2.75, 3.05) is 43.4 Å². The van der Waals surface area contributed by atoms with Crippen molar-refractivity contribution in [3.63, 3.8) is 0 Å². The summed E-state index contributed by atoms with van der Waals surface area (Å²) in [7, 11) is 3.53. The van der Waals surface area contributed by atoms with Crippen LogP contribution in [-0.4, -0.2) is 125 Å². The van der Waals surface area contributed by atoms with E-state index in [0.29, 0.717) is 48.6 Å². The summed E-state index contributed by atoms with van der Waals surface area (Å²) in [6.45, 7) is 11.0. The van der Waals surface area contributed by atoms with Crippen LogP contribution in [0.1, 0.15) is 75.6 Å². The number of hydrogen-bond donors (Lipinski definition) is 7. The third kappa shape index (κ3) is 17.5. The number of rotatable bonds is 24. The molecule has 2 aromatic heterocycles. The minimum Gasteiger partial charge on any atom is -0.390 e. The van der Waals surface area contributed by atoms with Gasteiger partial charge in [-0.1, -0.05) is 38.1 Å². The zero-order valence-corrected chi connectivity index (χ0v) is 42.2. The lowest BCUT2D eigenvalue weighted by atomic mass is 10.1. The van der Waals surface area contributed by atoms with Gasteiger partial charge in [0.25, 0.3) is 0 Å². The Hall–Kier alpha value is -6.74. The Morgan fingerprint density at radius 1 is 0.681 bits per heavy atom. The second kappa shape index (κ2) is 27.2. The van der Waals surface area contributed by atoms with E-state index >= 15 is 0 Å². The first-order valence-corrected chi connectivity index (χ1v) is 24.8. The molecule has 2 heterocycles. The summed E-state index contributed by atoms with van der Waals surface area (Å²) in [5, 5.41) is 59.1. The highest BCUT2D eigenvalue weighted by atomic mass is 19.1. The van der Waals surface area contributed by atoms with Crippen molar-refractivity contribution in [1.29, 1.82) is 0 Å². The Morgan fingerprint density at radius 2 is 1.15 bits per heavy atom. The van der Waals surface area contributed by atoms with E-state index in [1.807, 2.05) is 69.3 Å². The molecule has 18 nitrogen and oxygen atoms in total. The van der Waals surface area contributed by atoms with Crippen LogP contribution in [0.2, 0.25) is 0 Å². The molecule has 1 fully saturated rings. The number of benzene rings is 4. The van der Waals surface area contributed by atoms with Crippen LogP contribution in [0.5, 0.6) is 0 Å². The zero-order chi connectivity index (χ0) is 51.6. The molecule has 4 atom stereocenters. The number of tetrazole rings is 2. The lowest BCUT2D eigenvalue weighted by Crippen LogP contribution is -2.48. The van der Waals surface area contributed by atoms with Crippen molar-refractivity contribution in [2.45, 2.75) is 103 Å². The summed E-state index contributed by atoms with van der Waals surface area (Å²) < 4.78 is 29.3. The van der Waals surface area contributed by atoms with Gasteiger partial charge in [0, 0.05) is 56.2 Å². The van der Waals surface area contributed by atoms with Crippen LogP contribution in [-0.2, 0) is 39.8 Å². The summed E-state index contributed by atoms with van der Waals surface area (Å²) >= 11 is 0. The van der Waals surface area contributed by atoms with E-state index in [-0.39, 0.29) is 17.7 Å². The average molecular weight is 993 g/mol. The number of anilines is 2. The third-order valence-electron chi connectivity index (χ3n) is 12.5. The maximum atomic E-state index is 13.2. The molecule has 4 aromatic carbocycles. The lowest BCUT2D eigenvalue weighted by Gasteiger charge is -2.28. The van der Waals surface area contributed by atoms with Crippen LogP contribution < -0.4 is 26.6 Å². The number of aryl methyl sites for hydroxylation is 6. The number of nitrogens with zero attached hydrogens (tertiary/aromatic N) is 9. The topological polar surface area (TPSA) is 225 Å². The SMILES string of the molecule is CCc1cc(NC(=O)N[C@H](C)[C@@H](O)CN(CCCc2ccc(F)cc2)CC2CC2)cc(-c2nnnn2C)c1.CCc1cc(NC(=O)N[C@H](C)[C@@H](O)CNCCCc2ccc(F)cc2)cc(-c2nnnn2C)c1. The summed E-state index contributed by atoms with van der Waals surface area (Å²) in [5.74, 6) is 1.44. The second-order valence-electron chi connectivity index (χ2n) is 18.6. The number of aliphatic hydroxyl groups is 2. The highest BCUT2D eigenvalue weighted by molar-refractivity contribution is 5.91. The molecule has 0 bridgehead atoms. The van der Waals surface area contributed by atoms with Crippen LogP contribution in [0.3, 0.4) is 0 Å². The number of amides is 4. The van der Waals surface area contributed by atoms with Gasteiger partial charge in [0.1, 0.15) is 11.6 Å². The van der Waals surface area contributed by atoms with E-state index in [4.69, 9.17) is 0 Å². The van der Waals surface area contributed by atoms with E-state index < -0.39 is 30.3 Å². The van der Waals surface area contributed by atoms with Gasteiger partial charge in [0.15, 0.2) is 11.6 Å². The maximum absolute atomic E-state index is 13.2. The molecule has 4 amide bonds. The fraction of sp³-hybridized carbons (Fsp3) is 0.462. The van der Waals surface area contributed by atoms with Crippen molar-refractivity contribution < 1.29 is 28.6 Å². The van der Waals surface area contributed by atoms with Gasteiger partial charge in [0.05, 0.1) is 24.3 Å². The van der Waals surface area contributed by atoms with Crippen LogP contribution in [0, 0.1) is 17.6 Å². The molecule has 7 rings (SSSR count). The minimum atomic E-state index is -0.751.